The Morgan fingerprint density at radius 2 is 1.33 bits per heavy atom. The van der Waals surface area contributed by atoms with Crippen molar-refractivity contribution >= 4 is 22.0 Å². The molecule has 0 radical (unpaired) electrons. The molecule has 0 spiro atoms. The fourth-order valence-corrected chi connectivity index (χ4v) is 5.36. The summed E-state index contributed by atoms with van der Waals surface area (Å²) in [6, 6.07) is 10.1. The van der Waals surface area contributed by atoms with Crippen LogP contribution in [0, 0.1) is 0 Å². The van der Waals surface area contributed by atoms with Gasteiger partial charge in [0.15, 0.2) is 23.0 Å². The minimum atomic E-state index is -3.69. The monoisotopic (exact) mass is 472 g/mol. The fourth-order valence-electron chi connectivity index (χ4n) is 3.92. The van der Waals surface area contributed by atoms with Gasteiger partial charge in [-0.2, -0.15) is 4.31 Å². The Kier molecular flexibility index (Phi) is 5.86. The lowest BCUT2D eigenvalue weighted by atomic mass is 10.1. The van der Waals surface area contributed by atoms with Crippen LogP contribution in [0.1, 0.15) is 5.56 Å². The number of fused-ring (bicyclic) bond motifs is 2. The zero-order valence-electron chi connectivity index (χ0n) is 17.9. The van der Waals surface area contributed by atoms with Gasteiger partial charge in [-0.15, -0.1) is 0 Å². The number of nitrogens with zero attached hydrogens (tertiary/aromatic N) is 2. The number of ether oxygens (including phenoxy) is 4. The van der Waals surface area contributed by atoms with Crippen molar-refractivity contribution in [3.63, 3.8) is 0 Å². The van der Waals surface area contributed by atoms with Gasteiger partial charge in [-0.05, 0) is 35.9 Å². The molecule has 1 saturated heterocycles. The topological polar surface area (TPSA) is 94.6 Å². The second-order valence-corrected chi connectivity index (χ2v) is 9.71. The average molecular weight is 473 g/mol. The van der Waals surface area contributed by atoms with Crippen LogP contribution in [0.3, 0.4) is 0 Å². The van der Waals surface area contributed by atoms with Crippen molar-refractivity contribution in [2.75, 3.05) is 52.6 Å². The number of rotatable bonds is 4. The van der Waals surface area contributed by atoms with Gasteiger partial charge in [0, 0.05) is 38.3 Å². The summed E-state index contributed by atoms with van der Waals surface area (Å²) >= 11 is 0. The van der Waals surface area contributed by atoms with E-state index in [1.165, 1.54) is 22.5 Å². The van der Waals surface area contributed by atoms with E-state index in [4.69, 9.17) is 18.9 Å². The van der Waals surface area contributed by atoms with Crippen molar-refractivity contribution in [3.05, 3.63) is 48.0 Å². The molecule has 0 N–H and O–H groups in total. The molecule has 0 aromatic heterocycles. The predicted octanol–water partition coefficient (Wildman–Crippen LogP) is 1.78. The summed E-state index contributed by atoms with van der Waals surface area (Å²) < 4.78 is 49.6. The third-order valence-electron chi connectivity index (χ3n) is 5.69. The smallest absolute Gasteiger partial charge is 0.246 e. The molecule has 1 amide bonds. The van der Waals surface area contributed by atoms with Crippen molar-refractivity contribution in [1.82, 2.24) is 9.21 Å². The van der Waals surface area contributed by atoms with E-state index in [-0.39, 0.29) is 23.9 Å². The lowest BCUT2D eigenvalue weighted by molar-refractivity contribution is -0.127. The lowest BCUT2D eigenvalue weighted by Crippen LogP contribution is -2.50. The van der Waals surface area contributed by atoms with Crippen molar-refractivity contribution < 1.29 is 32.2 Å². The highest BCUT2D eigenvalue weighted by Crippen LogP contribution is 2.33. The normalized spacial score (nSPS) is 18.4. The van der Waals surface area contributed by atoms with E-state index < -0.39 is 10.0 Å². The minimum absolute atomic E-state index is 0.157. The Bertz CT molecular complexity index is 1190. The van der Waals surface area contributed by atoms with Gasteiger partial charge < -0.3 is 23.8 Å². The van der Waals surface area contributed by atoms with E-state index in [1.54, 1.807) is 17.0 Å². The van der Waals surface area contributed by atoms with Gasteiger partial charge in [0.25, 0.3) is 0 Å². The Morgan fingerprint density at radius 1 is 0.758 bits per heavy atom. The summed E-state index contributed by atoms with van der Waals surface area (Å²) in [4.78, 5) is 14.4. The van der Waals surface area contributed by atoms with Crippen LogP contribution in [-0.2, 0) is 14.8 Å². The molecule has 0 aliphatic carbocycles. The number of amides is 1. The maximum Gasteiger partial charge on any atom is 0.246 e. The third kappa shape index (κ3) is 4.49. The fraction of sp³-hybridized carbons (Fsp3) is 0.348. The molecule has 0 saturated carbocycles. The quantitative estimate of drug-likeness (QED) is 0.626. The zero-order chi connectivity index (χ0) is 22.8. The average Bonchev–Trinajstić information content (AvgIpc) is 2.87. The van der Waals surface area contributed by atoms with Gasteiger partial charge in [-0.3, -0.25) is 4.79 Å². The van der Waals surface area contributed by atoms with Crippen molar-refractivity contribution in [2.45, 2.75) is 4.90 Å². The number of sulfonamides is 1. The van der Waals surface area contributed by atoms with Gasteiger partial charge in [0.05, 0.1) is 4.90 Å². The maximum absolute atomic E-state index is 13.1. The van der Waals surface area contributed by atoms with E-state index in [0.29, 0.717) is 62.5 Å². The van der Waals surface area contributed by atoms with E-state index in [2.05, 4.69) is 0 Å². The Labute approximate surface area is 192 Å². The number of benzene rings is 2. The van der Waals surface area contributed by atoms with Crippen LogP contribution in [0.2, 0.25) is 0 Å². The SMILES string of the molecule is O=C(C=Cc1ccc2c(c1)OCCO2)N1CCN(S(=O)(=O)c2ccc3c(c2)OCCO3)CC1. The number of carbonyl (C=O) groups is 1. The number of hydrogen-bond acceptors (Lipinski definition) is 7. The first-order valence-corrected chi connectivity index (χ1v) is 12.2. The summed E-state index contributed by atoms with van der Waals surface area (Å²) in [6.45, 7) is 2.92. The number of hydrogen-bond donors (Lipinski definition) is 0. The van der Waals surface area contributed by atoms with Gasteiger partial charge in [-0.1, -0.05) is 6.07 Å². The van der Waals surface area contributed by atoms with Crippen LogP contribution < -0.4 is 18.9 Å². The summed E-state index contributed by atoms with van der Waals surface area (Å²) in [5.41, 5.74) is 0.826. The molecule has 2 aromatic rings. The second-order valence-electron chi connectivity index (χ2n) is 7.77. The van der Waals surface area contributed by atoms with Crippen molar-refractivity contribution in [3.8, 4) is 23.0 Å². The van der Waals surface area contributed by atoms with Crippen LogP contribution in [0.5, 0.6) is 23.0 Å². The lowest BCUT2D eigenvalue weighted by Gasteiger charge is -2.33. The third-order valence-corrected chi connectivity index (χ3v) is 7.58. The standard InChI is InChI=1S/C23H24N2O7S/c26-23(6-2-17-1-4-19-21(15-17)31-13-11-29-19)24-7-9-25(10-8-24)33(27,28)18-3-5-20-22(16-18)32-14-12-30-20/h1-6,15-16H,7-14H2. The molecular weight excluding hydrogens is 448 g/mol. The molecule has 5 rings (SSSR count). The molecule has 2 aromatic carbocycles. The first-order valence-electron chi connectivity index (χ1n) is 10.8. The summed E-state index contributed by atoms with van der Waals surface area (Å²) in [7, 11) is -3.69. The number of piperazine rings is 1. The van der Waals surface area contributed by atoms with E-state index in [0.717, 1.165) is 5.56 Å². The highest BCUT2D eigenvalue weighted by Gasteiger charge is 2.30. The number of carbonyl (C=O) groups excluding carboxylic acids is 1. The van der Waals surface area contributed by atoms with Crippen molar-refractivity contribution in [1.29, 1.82) is 0 Å². The zero-order valence-corrected chi connectivity index (χ0v) is 18.8. The van der Waals surface area contributed by atoms with Crippen LogP contribution in [-0.4, -0.2) is 76.1 Å². The predicted molar refractivity (Wildman–Crippen MR) is 119 cm³/mol. The molecule has 0 atom stereocenters. The van der Waals surface area contributed by atoms with Gasteiger partial charge in [0.1, 0.15) is 26.4 Å². The molecule has 33 heavy (non-hydrogen) atoms. The first kappa shape index (κ1) is 21.6. The molecule has 3 heterocycles. The summed E-state index contributed by atoms with van der Waals surface area (Å²) in [6.07, 6.45) is 3.22. The molecular formula is C23H24N2O7S. The minimum Gasteiger partial charge on any atom is -0.486 e. The summed E-state index contributed by atoms with van der Waals surface area (Å²) in [5, 5.41) is 0. The molecule has 10 heteroatoms. The van der Waals surface area contributed by atoms with Crippen molar-refractivity contribution in [2.24, 2.45) is 0 Å². The second kappa shape index (κ2) is 8.95. The Hall–Kier alpha value is -3.24. The van der Waals surface area contributed by atoms with E-state index in [1.807, 2.05) is 18.2 Å². The van der Waals surface area contributed by atoms with Gasteiger partial charge in [0.2, 0.25) is 15.9 Å². The van der Waals surface area contributed by atoms with Crippen LogP contribution >= 0.6 is 0 Å². The first-order chi connectivity index (χ1) is 16.0. The molecule has 3 aliphatic heterocycles. The van der Waals surface area contributed by atoms with Crippen LogP contribution in [0.15, 0.2) is 47.4 Å². The van der Waals surface area contributed by atoms with Crippen LogP contribution in [0.25, 0.3) is 6.08 Å². The van der Waals surface area contributed by atoms with Gasteiger partial charge >= 0.3 is 0 Å². The molecule has 0 unspecified atom stereocenters. The summed E-state index contributed by atoms with van der Waals surface area (Å²) in [5.74, 6) is 2.16. The van der Waals surface area contributed by atoms with E-state index >= 15 is 0 Å². The van der Waals surface area contributed by atoms with E-state index in [9.17, 15) is 13.2 Å². The molecule has 9 nitrogen and oxygen atoms in total. The molecule has 0 bridgehead atoms. The largest absolute Gasteiger partial charge is 0.486 e. The maximum atomic E-state index is 13.1. The highest BCUT2D eigenvalue weighted by atomic mass is 32.2. The Morgan fingerprint density at radius 3 is 2.00 bits per heavy atom. The Balaban J connectivity index is 1.20. The molecule has 3 aliphatic rings. The van der Waals surface area contributed by atoms with Crippen LogP contribution in [0.4, 0.5) is 0 Å². The molecule has 174 valence electrons. The van der Waals surface area contributed by atoms with Gasteiger partial charge in [-0.25, -0.2) is 8.42 Å². The molecule has 1 fully saturated rings. The highest BCUT2D eigenvalue weighted by molar-refractivity contribution is 7.89.